The van der Waals surface area contributed by atoms with Crippen molar-refractivity contribution in [2.75, 3.05) is 19.5 Å². The van der Waals surface area contributed by atoms with Gasteiger partial charge in [0.15, 0.2) is 11.5 Å². The first-order chi connectivity index (χ1) is 11.6. The van der Waals surface area contributed by atoms with Crippen LogP contribution in [0.3, 0.4) is 0 Å². The van der Waals surface area contributed by atoms with Gasteiger partial charge in [-0.2, -0.15) is 0 Å². The van der Waals surface area contributed by atoms with Gasteiger partial charge in [0.05, 0.1) is 19.6 Å². The molecule has 0 saturated carbocycles. The van der Waals surface area contributed by atoms with Gasteiger partial charge in [-0.3, -0.25) is 9.59 Å². The first-order valence-electron chi connectivity index (χ1n) is 7.21. The van der Waals surface area contributed by atoms with Crippen LogP contribution in [0, 0.1) is 0 Å². The number of aromatic nitrogens is 1. The van der Waals surface area contributed by atoms with Gasteiger partial charge in [0.1, 0.15) is 6.54 Å². The fraction of sp³-hybridized carbons (Fsp3) is 0.176. The van der Waals surface area contributed by atoms with Gasteiger partial charge in [-0.05, 0) is 29.6 Å². The summed E-state index contributed by atoms with van der Waals surface area (Å²) in [6.07, 6.45) is 1.63. The van der Waals surface area contributed by atoms with Crippen LogP contribution in [0.15, 0.2) is 46.7 Å². The average molecular weight is 344 g/mol. The molecule has 0 aliphatic heterocycles. The molecule has 0 aliphatic carbocycles. The molecule has 24 heavy (non-hydrogen) atoms. The maximum absolute atomic E-state index is 12.3. The molecule has 0 saturated heterocycles. The number of anilines is 1. The fourth-order valence-electron chi connectivity index (χ4n) is 2.40. The Morgan fingerprint density at radius 3 is 2.71 bits per heavy atom. The number of amides is 1. The van der Waals surface area contributed by atoms with E-state index in [1.165, 1.54) is 23.0 Å². The number of rotatable bonds is 5. The van der Waals surface area contributed by atoms with E-state index in [9.17, 15) is 9.59 Å². The predicted octanol–water partition coefficient (Wildman–Crippen LogP) is 2.72. The Hall–Kier alpha value is -2.80. The molecule has 124 valence electrons. The van der Waals surface area contributed by atoms with Gasteiger partial charge in [0, 0.05) is 22.7 Å². The molecule has 7 heteroatoms. The van der Waals surface area contributed by atoms with Crippen LogP contribution in [-0.2, 0) is 11.3 Å². The molecule has 2 heterocycles. The highest BCUT2D eigenvalue weighted by atomic mass is 32.1. The lowest BCUT2D eigenvalue weighted by molar-refractivity contribution is -0.116. The number of hydrogen-bond acceptors (Lipinski definition) is 5. The minimum Gasteiger partial charge on any atom is -0.493 e. The first-order valence-corrected chi connectivity index (χ1v) is 8.09. The lowest BCUT2D eigenvalue weighted by Gasteiger charge is -2.11. The summed E-state index contributed by atoms with van der Waals surface area (Å²) in [6, 6.07) is 8.69. The number of nitrogens with zero attached hydrogens (tertiary/aromatic N) is 1. The molecule has 0 radical (unpaired) electrons. The Morgan fingerprint density at radius 1 is 1.17 bits per heavy atom. The molecule has 1 N–H and O–H groups in total. The first kappa shape index (κ1) is 16.1. The van der Waals surface area contributed by atoms with Crippen LogP contribution in [0.25, 0.3) is 10.1 Å². The standard InChI is InChI=1S/C17H16N2O4S/c1-22-13-4-3-11(9-14(13)23-2)18-16(20)10-19-7-5-15-12(17(19)21)6-8-24-15/h3-9H,10H2,1-2H3,(H,18,20). The molecular formula is C17H16N2O4S. The molecule has 0 atom stereocenters. The van der Waals surface area contributed by atoms with Crippen LogP contribution in [0.2, 0.25) is 0 Å². The van der Waals surface area contributed by atoms with E-state index in [0.717, 1.165) is 4.70 Å². The third-order valence-electron chi connectivity index (χ3n) is 3.57. The van der Waals surface area contributed by atoms with Crippen molar-refractivity contribution in [3.63, 3.8) is 0 Å². The van der Waals surface area contributed by atoms with Gasteiger partial charge in [0.25, 0.3) is 5.56 Å². The highest BCUT2D eigenvalue weighted by molar-refractivity contribution is 7.17. The zero-order valence-electron chi connectivity index (χ0n) is 13.2. The Kier molecular flexibility index (Phi) is 4.52. The predicted molar refractivity (Wildman–Crippen MR) is 94.3 cm³/mol. The van der Waals surface area contributed by atoms with Crippen molar-refractivity contribution in [1.29, 1.82) is 0 Å². The smallest absolute Gasteiger partial charge is 0.259 e. The number of hydrogen-bond donors (Lipinski definition) is 1. The van der Waals surface area contributed by atoms with E-state index in [4.69, 9.17) is 9.47 Å². The van der Waals surface area contributed by atoms with Crippen LogP contribution in [0.1, 0.15) is 0 Å². The zero-order chi connectivity index (χ0) is 17.1. The number of thiophene rings is 1. The molecule has 0 unspecified atom stereocenters. The summed E-state index contributed by atoms with van der Waals surface area (Å²) >= 11 is 1.50. The largest absolute Gasteiger partial charge is 0.493 e. The number of carbonyl (C=O) groups excluding carboxylic acids is 1. The van der Waals surface area contributed by atoms with E-state index in [1.807, 2.05) is 11.4 Å². The minimum absolute atomic E-state index is 0.0566. The van der Waals surface area contributed by atoms with Crippen molar-refractivity contribution < 1.29 is 14.3 Å². The lowest BCUT2D eigenvalue weighted by atomic mass is 10.2. The molecule has 3 rings (SSSR count). The van der Waals surface area contributed by atoms with E-state index in [0.29, 0.717) is 22.6 Å². The number of carbonyl (C=O) groups is 1. The molecule has 2 aromatic heterocycles. The SMILES string of the molecule is COc1ccc(NC(=O)Cn2ccc3sccc3c2=O)cc1OC. The van der Waals surface area contributed by atoms with Gasteiger partial charge < -0.3 is 19.4 Å². The van der Waals surface area contributed by atoms with Gasteiger partial charge >= 0.3 is 0 Å². The maximum atomic E-state index is 12.3. The summed E-state index contributed by atoms with van der Waals surface area (Å²) in [5.74, 6) is 0.806. The third kappa shape index (κ3) is 3.11. The molecule has 0 bridgehead atoms. The van der Waals surface area contributed by atoms with Gasteiger partial charge in [0.2, 0.25) is 5.91 Å². The number of methoxy groups -OCH3 is 2. The molecule has 6 nitrogen and oxygen atoms in total. The van der Waals surface area contributed by atoms with E-state index in [1.54, 1.807) is 37.6 Å². The summed E-state index contributed by atoms with van der Waals surface area (Å²) in [7, 11) is 3.07. The summed E-state index contributed by atoms with van der Waals surface area (Å²) in [6.45, 7) is -0.0566. The average Bonchev–Trinajstić information content (AvgIpc) is 3.06. The van der Waals surface area contributed by atoms with Crippen molar-refractivity contribution in [2.24, 2.45) is 0 Å². The van der Waals surface area contributed by atoms with Gasteiger partial charge in [-0.25, -0.2) is 0 Å². The van der Waals surface area contributed by atoms with Crippen LogP contribution in [-0.4, -0.2) is 24.7 Å². The third-order valence-corrected chi connectivity index (χ3v) is 4.46. The van der Waals surface area contributed by atoms with Crippen molar-refractivity contribution >= 4 is 33.0 Å². The second kappa shape index (κ2) is 6.76. The van der Waals surface area contributed by atoms with Crippen LogP contribution < -0.4 is 20.3 Å². The second-order valence-electron chi connectivity index (χ2n) is 5.07. The maximum Gasteiger partial charge on any atom is 0.259 e. The van der Waals surface area contributed by atoms with E-state index in [2.05, 4.69) is 5.32 Å². The van der Waals surface area contributed by atoms with Crippen molar-refractivity contribution in [3.8, 4) is 11.5 Å². The van der Waals surface area contributed by atoms with Gasteiger partial charge in [-0.15, -0.1) is 11.3 Å². The number of ether oxygens (including phenoxy) is 2. The van der Waals surface area contributed by atoms with Crippen molar-refractivity contribution in [2.45, 2.75) is 6.54 Å². The van der Waals surface area contributed by atoms with Crippen molar-refractivity contribution in [3.05, 3.63) is 52.3 Å². The highest BCUT2D eigenvalue weighted by Crippen LogP contribution is 2.29. The Bertz CT molecular complexity index is 945. The topological polar surface area (TPSA) is 69.6 Å². The van der Waals surface area contributed by atoms with E-state index >= 15 is 0 Å². The number of fused-ring (bicyclic) bond motifs is 1. The molecule has 1 aromatic carbocycles. The minimum atomic E-state index is -0.293. The normalized spacial score (nSPS) is 10.6. The fourth-order valence-corrected chi connectivity index (χ4v) is 3.17. The molecular weight excluding hydrogens is 328 g/mol. The molecule has 0 spiro atoms. The zero-order valence-corrected chi connectivity index (χ0v) is 14.1. The quantitative estimate of drug-likeness (QED) is 0.773. The molecule has 3 aromatic rings. The summed E-state index contributed by atoms with van der Waals surface area (Å²) in [4.78, 5) is 24.5. The highest BCUT2D eigenvalue weighted by Gasteiger charge is 2.10. The van der Waals surface area contributed by atoms with Crippen molar-refractivity contribution in [1.82, 2.24) is 4.57 Å². The monoisotopic (exact) mass is 344 g/mol. The van der Waals surface area contributed by atoms with Crippen LogP contribution in [0.5, 0.6) is 11.5 Å². The van der Waals surface area contributed by atoms with Crippen LogP contribution >= 0.6 is 11.3 Å². The Morgan fingerprint density at radius 2 is 1.96 bits per heavy atom. The second-order valence-corrected chi connectivity index (χ2v) is 6.01. The van der Waals surface area contributed by atoms with Crippen LogP contribution in [0.4, 0.5) is 5.69 Å². The number of nitrogens with one attached hydrogen (secondary N) is 1. The summed E-state index contributed by atoms with van der Waals surface area (Å²) in [5.41, 5.74) is 0.401. The van der Waals surface area contributed by atoms with E-state index in [-0.39, 0.29) is 18.0 Å². The summed E-state index contributed by atoms with van der Waals surface area (Å²) in [5, 5.41) is 5.24. The lowest BCUT2D eigenvalue weighted by Crippen LogP contribution is -2.26. The van der Waals surface area contributed by atoms with Gasteiger partial charge in [-0.1, -0.05) is 0 Å². The molecule has 0 aliphatic rings. The molecule has 0 fully saturated rings. The summed E-state index contributed by atoms with van der Waals surface area (Å²) < 4.78 is 12.7. The number of benzene rings is 1. The van der Waals surface area contributed by atoms with E-state index < -0.39 is 0 Å². The Labute approximate surface area is 142 Å². The Balaban J connectivity index is 1.77. The molecule has 1 amide bonds. The number of pyridine rings is 1.